The zero-order valence-electron chi connectivity index (χ0n) is 18.0. The number of rotatable bonds is 1. The van der Waals surface area contributed by atoms with Crippen LogP contribution in [0.2, 0.25) is 0 Å². The van der Waals surface area contributed by atoms with Gasteiger partial charge in [-0.1, -0.05) is 24.3 Å². The summed E-state index contributed by atoms with van der Waals surface area (Å²) in [7, 11) is 1.78. The van der Waals surface area contributed by atoms with Gasteiger partial charge in [0, 0.05) is 24.3 Å². The topological polar surface area (TPSA) is 60.9 Å². The molecule has 4 atom stereocenters. The van der Waals surface area contributed by atoms with E-state index in [-0.39, 0.29) is 23.8 Å². The first-order valence-electron chi connectivity index (χ1n) is 11.0. The highest BCUT2D eigenvalue weighted by Gasteiger charge is 2.75. The van der Waals surface area contributed by atoms with Crippen LogP contribution in [0.1, 0.15) is 29.5 Å². The van der Waals surface area contributed by atoms with Gasteiger partial charge in [-0.3, -0.25) is 19.3 Å². The molecule has 0 aromatic heterocycles. The highest BCUT2D eigenvalue weighted by atomic mass is 16.2. The highest BCUT2D eigenvalue weighted by molar-refractivity contribution is 6.26. The number of para-hydroxylation sites is 1. The van der Waals surface area contributed by atoms with E-state index in [1.807, 2.05) is 56.3 Å². The largest absolute Gasteiger partial charge is 0.313 e. The number of anilines is 2. The molecule has 4 aliphatic rings. The van der Waals surface area contributed by atoms with Crippen LogP contribution in [0.4, 0.5) is 11.4 Å². The van der Waals surface area contributed by atoms with Crippen molar-refractivity contribution in [2.45, 2.75) is 38.3 Å². The van der Waals surface area contributed by atoms with Crippen LogP contribution in [0.25, 0.3) is 0 Å². The van der Waals surface area contributed by atoms with Crippen LogP contribution in [-0.2, 0) is 19.9 Å². The fourth-order valence-electron chi connectivity index (χ4n) is 6.78. The number of benzene rings is 2. The fraction of sp³-hybridized carbons (Fsp3) is 0.400. The number of likely N-dealkylation sites (N-methyl/N-ethyl adjacent to an activating group) is 1. The van der Waals surface area contributed by atoms with Gasteiger partial charge in [0.1, 0.15) is 5.54 Å². The van der Waals surface area contributed by atoms with Crippen LogP contribution in [0.3, 0.4) is 0 Å². The minimum atomic E-state index is -1.09. The summed E-state index contributed by atoms with van der Waals surface area (Å²) < 4.78 is 0. The van der Waals surface area contributed by atoms with Gasteiger partial charge in [-0.15, -0.1) is 0 Å². The third-order valence-corrected chi connectivity index (χ3v) is 7.74. The van der Waals surface area contributed by atoms with Crippen LogP contribution in [0.15, 0.2) is 42.5 Å². The average Bonchev–Trinajstić information content (AvgIpc) is 3.42. The van der Waals surface area contributed by atoms with Gasteiger partial charge >= 0.3 is 0 Å². The van der Waals surface area contributed by atoms with Crippen molar-refractivity contribution in [3.05, 3.63) is 59.2 Å². The van der Waals surface area contributed by atoms with Crippen LogP contribution < -0.4 is 9.80 Å². The molecular weight excluding hydrogens is 390 g/mol. The Hall–Kier alpha value is -2.99. The van der Waals surface area contributed by atoms with E-state index >= 15 is 0 Å². The predicted molar refractivity (Wildman–Crippen MR) is 117 cm³/mol. The van der Waals surface area contributed by atoms with E-state index in [1.54, 1.807) is 11.9 Å². The Bertz CT molecular complexity index is 1150. The maximum Gasteiger partial charge on any atom is 0.252 e. The maximum atomic E-state index is 14.0. The van der Waals surface area contributed by atoms with Crippen molar-refractivity contribution in [3.63, 3.8) is 0 Å². The summed E-state index contributed by atoms with van der Waals surface area (Å²) in [6.07, 6.45) is 1.77. The van der Waals surface area contributed by atoms with Gasteiger partial charge in [-0.2, -0.15) is 0 Å². The summed E-state index contributed by atoms with van der Waals surface area (Å²) in [5.41, 5.74) is 3.25. The van der Waals surface area contributed by atoms with Crippen molar-refractivity contribution in [2.75, 3.05) is 23.4 Å². The fourth-order valence-corrected chi connectivity index (χ4v) is 6.78. The van der Waals surface area contributed by atoms with E-state index in [1.165, 1.54) is 4.90 Å². The van der Waals surface area contributed by atoms with Crippen LogP contribution in [-0.4, -0.2) is 42.3 Å². The van der Waals surface area contributed by atoms with E-state index in [4.69, 9.17) is 0 Å². The molecule has 1 spiro atoms. The molecule has 3 saturated heterocycles. The van der Waals surface area contributed by atoms with Gasteiger partial charge in [-0.05, 0) is 62.6 Å². The van der Waals surface area contributed by atoms with Gasteiger partial charge in [0.15, 0.2) is 0 Å². The Morgan fingerprint density at radius 2 is 1.68 bits per heavy atom. The second-order valence-electron chi connectivity index (χ2n) is 9.41. The lowest BCUT2D eigenvalue weighted by Crippen LogP contribution is -2.55. The second kappa shape index (κ2) is 6.04. The molecule has 0 N–H and O–H groups in total. The number of fused-ring (bicyclic) bond motifs is 7. The molecule has 6 rings (SSSR count). The third kappa shape index (κ3) is 2.09. The van der Waals surface area contributed by atoms with Gasteiger partial charge in [-0.25, -0.2) is 4.90 Å². The SMILES string of the molecule is Cc1cc(C)cc(N2C(=O)C3C4CCCN4C4(C(=O)N(C)c5ccccc54)C3C2=O)c1. The highest BCUT2D eigenvalue weighted by Crippen LogP contribution is 2.61. The van der Waals surface area contributed by atoms with Crippen LogP contribution in [0, 0.1) is 25.7 Å². The maximum absolute atomic E-state index is 14.0. The molecule has 4 heterocycles. The molecule has 0 aliphatic carbocycles. The Kier molecular flexibility index (Phi) is 3.65. The van der Waals surface area contributed by atoms with E-state index in [0.717, 1.165) is 41.8 Å². The molecular formula is C25H25N3O3. The quantitative estimate of drug-likeness (QED) is 0.672. The first kappa shape index (κ1) is 18.8. The Morgan fingerprint density at radius 3 is 2.42 bits per heavy atom. The molecule has 3 amide bonds. The number of aryl methyl sites for hydroxylation is 2. The Labute approximate surface area is 181 Å². The summed E-state index contributed by atoms with van der Waals surface area (Å²) in [6.45, 7) is 4.66. The number of carbonyl (C=O) groups is 3. The molecule has 31 heavy (non-hydrogen) atoms. The van der Waals surface area contributed by atoms with Crippen molar-refractivity contribution < 1.29 is 14.4 Å². The van der Waals surface area contributed by atoms with Gasteiger partial charge in [0.05, 0.1) is 17.5 Å². The van der Waals surface area contributed by atoms with E-state index < -0.39 is 17.4 Å². The van der Waals surface area contributed by atoms with E-state index in [2.05, 4.69) is 4.90 Å². The first-order valence-corrected chi connectivity index (χ1v) is 11.0. The molecule has 6 nitrogen and oxygen atoms in total. The monoisotopic (exact) mass is 415 g/mol. The van der Waals surface area contributed by atoms with Crippen molar-refractivity contribution in [2.24, 2.45) is 11.8 Å². The molecule has 4 aliphatic heterocycles. The summed E-state index contributed by atoms with van der Waals surface area (Å²) in [4.78, 5) is 46.8. The summed E-state index contributed by atoms with van der Waals surface area (Å²) in [6, 6.07) is 13.5. The van der Waals surface area contributed by atoms with Crippen molar-refractivity contribution in [1.82, 2.24) is 4.90 Å². The number of carbonyl (C=O) groups excluding carboxylic acids is 3. The number of imide groups is 1. The minimum absolute atomic E-state index is 0.0825. The number of hydrogen-bond acceptors (Lipinski definition) is 4. The van der Waals surface area contributed by atoms with E-state index in [9.17, 15) is 14.4 Å². The summed E-state index contributed by atoms with van der Waals surface area (Å²) in [5.74, 6) is -1.66. The standard InChI is InChI=1S/C25H25N3O3/c1-14-11-15(2)13-16(12-14)28-22(29)20-19-9-6-10-27(19)25(21(20)23(28)30)17-7-4-5-8-18(17)26(3)24(25)31/h4-5,7-8,11-13,19-21H,6,9-10H2,1-3H3. The Balaban J connectivity index is 1.57. The molecule has 3 fully saturated rings. The molecule has 2 aromatic carbocycles. The second-order valence-corrected chi connectivity index (χ2v) is 9.41. The van der Waals surface area contributed by atoms with Crippen molar-refractivity contribution in [1.29, 1.82) is 0 Å². The third-order valence-electron chi connectivity index (χ3n) is 7.74. The summed E-state index contributed by atoms with van der Waals surface area (Å²) >= 11 is 0. The van der Waals surface area contributed by atoms with E-state index in [0.29, 0.717) is 5.69 Å². The molecule has 0 saturated carbocycles. The summed E-state index contributed by atoms with van der Waals surface area (Å²) in [5, 5.41) is 0. The van der Waals surface area contributed by atoms with Gasteiger partial charge in [0.25, 0.3) is 5.91 Å². The lowest BCUT2D eigenvalue weighted by molar-refractivity contribution is -0.136. The molecule has 158 valence electrons. The van der Waals surface area contributed by atoms with Gasteiger partial charge in [0.2, 0.25) is 11.8 Å². The molecule has 0 radical (unpaired) electrons. The molecule has 2 aromatic rings. The molecule has 4 unspecified atom stereocenters. The zero-order valence-corrected chi connectivity index (χ0v) is 18.0. The lowest BCUT2D eigenvalue weighted by Gasteiger charge is -2.37. The number of nitrogens with zero attached hydrogens (tertiary/aromatic N) is 3. The lowest BCUT2D eigenvalue weighted by atomic mass is 9.75. The van der Waals surface area contributed by atoms with Crippen molar-refractivity contribution >= 4 is 29.1 Å². The van der Waals surface area contributed by atoms with Crippen molar-refractivity contribution in [3.8, 4) is 0 Å². The van der Waals surface area contributed by atoms with Crippen LogP contribution >= 0.6 is 0 Å². The first-order chi connectivity index (χ1) is 14.9. The zero-order chi connectivity index (χ0) is 21.7. The smallest absolute Gasteiger partial charge is 0.252 e. The normalized spacial score (nSPS) is 31.7. The molecule has 0 bridgehead atoms. The molecule has 6 heteroatoms. The van der Waals surface area contributed by atoms with Gasteiger partial charge < -0.3 is 4.90 Å². The number of amides is 3. The predicted octanol–water partition coefficient (Wildman–Crippen LogP) is 2.76. The van der Waals surface area contributed by atoms with Crippen LogP contribution in [0.5, 0.6) is 0 Å². The Morgan fingerprint density at radius 1 is 0.968 bits per heavy atom. The minimum Gasteiger partial charge on any atom is -0.313 e. The number of hydrogen-bond donors (Lipinski definition) is 0. The average molecular weight is 415 g/mol.